The maximum atomic E-state index is 5.39. The Morgan fingerprint density at radius 2 is 0.921 bits per heavy atom. The molecule has 0 aliphatic carbocycles. The van der Waals surface area contributed by atoms with E-state index in [0.29, 0.717) is 23.3 Å². The normalized spacial score (nSPS) is 11.8. The summed E-state index contributed by atoms with van der Waals surface area (Å²) in [6, 6.07) is 67.8. The second-order valence-corrected chi connectivity index (χ2v) is 17.7. The number of nitrogens with zero attached hydrogens (tertiary/aromatic N) is 6. The van der Waals surface area contributed by atoms with Crippen molar-refractivity contribution in [2.45, 2.75) is 0 Å². The summed E-state index contributed by atoms with van der Waals surface area (Å²) in [7, 11) is 0. The van der Waals surface area contributed by atoms with Crippen LogP contribution >= 0.6 is 22.7 Å². The number of hydrogen-bond acceptors (Lipinski definition) is 7. The molecule has 0 atom stereocenters. The molecular formula is C55H32N6S2. The first-order chi connectivity index (χ1) is 31.2. The van der Waals surface area contributed by atoms with E-state index in [1.807, 2.05) is 78.1 Å². The molecule has 0 bridgehead atoms. The summed E-state index contributed by atoms with van der Waals surface area (Å²) >= 11 is 3.58. The van der Waals surface area contributed by atoms with Crippen molar-refractivity contribution >= 4 is 85.0 Å². The number of hydrogen-bond donors (Lipinski definition) is 0. The Hall–Kier alpha value is -7.91. The van der Waals surface area contributed by atoms with Gasteiger partial charge in [-0.25, -0.2) is 24.9 Å². The molecule has 5 heterocycles. The minimum Gasteiger partial charge on any atom is -0.308 e. The van der Waals surface area contributed by atoms with E-state index in [1.165, 1.54) is 35.6 Å². The van der Waals surface area contributed by atoms with Crippen molar-refractivity contribution in [3.63, 3.8) is 0 Å². The fraction of sp³-hybridized carbons (Fsp3) is 0. The third-order valence-electron chi connectivity index (χ3n) is 11.9. The average Bonchev–Trinajstić information content (AvgIpc) is 4.04. The second-order valence-electron chi connectivity index (χ2n) is 15.6. The predicted octanol–water partition coefficient (Wildman–Crippen LogP) is 14.8. The Morgan fingerprint density at radius 3 is 1.63 bits per heavy atom. The van der Waals surface area contributed by atoms with Gasteiger partial charge in [0.05, 0.1) is 32.6 Å². The lowest BCUT2D eigenvalue weighted by Crippen LogP contribution is -2.04. The Morgan fingerprint density at radius 1 is 0.349 bits per heavy atom. The highest BCUT2D eigenvalue weighted by Crippen LogP contribution is 2.45. The summed E-state index contributed by atoms with van der Waals surface area (Å²) in [5.74, 6) is 2.38. The van der Waals surface area contributed by atoms with Gasteiger partial charge < -0.3 is 4.57 Å². The van der Waals surface area contributed by atoms with Gasteiger partial charge in [-0.15, -0.1) is 22.7 Å². The zero-order valence-electron chi connectivity index (χ0n) is 33.5. The highest BCUT2D eigenvalue weighted by molar-refractivity contribution is 7.26. The number of aromatic nitrogens is 6. The van der Waals surface area contributed by atoms with E-state index in [2.05, 4.69) is 132 Å². The maximum absolute atomic E-state index is 5.39. The smallest absolute Gasteiger partial charge is 0.166 e. The van der Waals surface area contributed by atoms with Crippen LogP contribution in [0.2, 0.25) is 0 Å². The summed E-state index contributed by atoms with van der Waals surface area (Å²) < 4.78 is 7.17. The molecule has 6 nitrogen and oxygen atoms in total. The molecule has 294 valence electrons. The third kappa shape index (κ3) is 5.80. The van der Waals surface area contributed by atoms with Crippen molar-refractivity contribution in [2.75, 3.05) is 0 Å². The molecule has 0 spiro atoms. The molecule has 0 saturated heterocycles. The summed E-state index contributed by atoms with van der Waals surface area (Å²) in [4.78, 5) is 26.5. The summed E-state index contributed by atoms with van der Waals surface area (Å²) in [5, 5.41) is 6.07. The van der Waals surface area contributed by atoms with Crippen molar-refractivity contribution in [3.05, 3.63) is 194 Å². The van der Waals surface area contributed by atoms with Crippen LogP contribution in [0.3, 0.4) is 0 Å². The predicted molar refractivity (Wildman–Crippen MR) is 263 cm³/mol. The van der Waals surface area contributed by atoms with E-state index in [4.69, 9.17) is 24.9 Å². The fourth-order valence-corrected chi connectivity index (χ4v) is 11.3. The van der Waals surface area contributed by atoms with Gasteiger partial charge in [0.1, 0.15) is 0 Å². The van der Waals surface area contributed by atoms with Crippen LogP contribution in [-0.4, -0.2) is 29.5 Å². The van der Waals surface area contributed by atoms with Gasteiger partial charge in [0.15, 0.2) is 23.3 Å². The lowest BCUT2D eigenvalue weighted by molar-refractivity contribution is 1.06. The van der Waals surface area contributed by atoms with Gasteiger partial charge in [-0.2, -0.15) is 0 Å². The average molecular weight is 841 g/mol. The van der Waals surface area contributed by atoms with Crippen molar-refractivity contribution in [2.24, 2.45) is 0 Å². The molecule has 0 radical (unpaired) electrons. The van der Waals surface area contributed by atoms with Gasteiger partial charge in [-0.3, -0.25) is 0 Å². The molecule has 13 aromatic rings. The van der Waals surface area contributed by atoms with Gasteiger partial charge in [-0.05, 0) is 48.5 Å². The van der Waals surface area contributed by atoms with Gasteiger partial charge in [0.2, 0.25) is 0 Å². The molecule has 0 aliphatic rings. The number of thiophene rings is 2. The molecule has 0 N–H and O–H groups in total. The standard InChI is InChI=1S/C55H32N6S2/c1-4-16-33(17-5-1)49-51-50(39-24-12-15-27-45(39)63-51)57-54(56-49)36-28-29-42(40(32-36)55-59-52(34-18-6-2-7-19-34)58-53(60-55)35-20-8-3-9-21-35)61-41-25-13-10-22-37(41)47-43(61)30-31-46-48(47)38-23-11-14-26-44(38)62-46/h1-32H. The first-order valence-corrected chi connectivity index (χ1v) is 22.5. The largest absolute Gasteiger partial charge is 0.308 e. The van der Waals surface area contributed by atoms with Crippen molar-refractivity contribution in [3.8, 4) is 62.5 Å². The monoisotopic (exact) mass is 840 g/mol. The van der Waals surface area contributed by atoms with E-state index in [0.717, 1.165) is 65.8 Å². The number of para-hydroxylation sites is 1. The molecule has 0 aliphatic heterocycles. The van der Waals surface area contributed by atoms with E-state index in [-0.39, 0.29) is 0 Å². The first kappa shape index (κ1) is 35.8. The lowest BCUT2D eigenvalue weighted by Gasteiger charge is -2.16. The minimum atomic E-state index is 0.554. The first-order valence-electron chi connectivity index (χ1n) is 20.8. The quantitative estimate of drug-likeness (QED) is 0.167. The molecule has 8 aromatic carbocycles. The topological polar surface area (TPSA) is 69.4 Å². The van der Waals surface area contributed by atoms with Gasteiger partial charge in [0.25, 0.3) is 0 Å². The van der Waals surface area contributed by atoms with Gasteiger partial charge in [-0.1, -0.05) is 146 Å². The highest BCUT2D eigenvalue weighted by Gasteiger charge is 2.24. The second kappa shape index (κ2) is 14.3. The van der Waals surface area contributed by atoms with Crippen LogP contribution < -0.4 is 0 Å². The molecule has 0 amide bonds. The van der Waals surface area contributed by atoms with Gasteiger partial charge >= 0.3 is 0 Å². The highest BCUT2D eigenvalue weighted by atomic mass is 32.1. The number of benzene rings is 8. The Bertz CT molecular complexity index is 3850. The van der Waals surface area contributed by atoms with Crippen LogP contribution in [0.4, 0.5) is 0 Å². The molecule has 0 unspecified atom stereocenters. The molecule has 0 saturated carbocycles. The SMILES string of the molecule is c1ccc(-c2nc(-c3ccccc3)nc(-c3cc(-c4nc(-c5ccccc5)c5sc6ccccc6c5n4)ccc3-n3c4ccccc4c4c5c(ccc43)sc3ccccc35)n2)cc1. The molecule has 8 heteroatoms. The van der Waals surface area contributed by atoms with Crippen LogP contribution in [0.25, 0.3) is 125 Å². The number of rotatable bonds is 6. The molecule has 0 fully saturated rings. The van der Waals surface area contributed by atoms with Crippen LogP contribution in [0.5, 0.6) is 0 Å². The van der Waals surface area contributed by atoms with Crippen molar-refractivity contribution in [1.82, 2.24) is 29.5 Å². The van der Waals surface area contributed by atoms with E-state index in [9.17, 15) is 0 Å². The minimum absolute atomic E-state index is 0.554. The van der Waals surface area contributed by atoms with E-state index >= 15 is 0 Å². The van der Waals surface area contributed by atoms with E-state index in [1.54, 1.807) is 11.3 Å². The van der Waals surface area contributed by atoms with Crippen molar-refractivity contribution < 1.29 is 0 Å². The number of fused-ring (bicyclic) bond motifs is 10. The van der Waals surface area contributed by atoms with Crippen LogP contribution in [-0.2, 0) is 0 Å². The molecular weight excluding hydrogens is 809 g/mol. The van der Waals surface area contributed by atoms with Crippen LogP contribution in [0.1, 0.15) is 0 Å². The zero-order valence-corrected chi connectivity index (χ0v) is 35.1. The van der Waals surface area contributed by atoms with Gasteiger partial charge in [0, 0.05) is 68.8 Å². The van der Waals surface area contributed by atoms with Crippen LogP contribution in [0.15, 0.2) is 194 Å². The van der Waals surface area contributed by atoms with E-state index < -0.39 is 0 Å². The third-order valence-corrected chi connectivity index (χ3v) is 14.2. The summed E-state index contributed by atoms with van der Waals surface area (Å²) in [5.41, 5.74) is 9.56. The summed E-state index contributed by atoms with van der Waals surface area (Å²) in [6.45, 7) is 0. The molecule has 13 rings (SSSR count). The Balaban J connectivity index is 1.13. The molecule has 5 aromatic heterocycles. The summed E-state index contributed by atoms with van der Waals surface area (Å²) in [6.07, 6.45) is 0. The fourth-order valence-electron chi connectivity index (χ4n) is 9.02. The zero-order chi connectivity index (χ0) is 41.4. The van der Waals surface area contributed by atoms with Crippen molar-refractivity contribution in [1.29, 1.82) is 0 Å². The molecule has 63 heavy (non-hydrogen) atoms. The maximum Gasteiger partial charge on any atom is 0.166 e. The van der Waals surface area contributed by atoms with Crippen LogP contribution in [0, 0.1) is 0 Å². The Kier molecular flexibility index (Phi) is 8.15. The Labute approximate surface area is 369 Å². The lowest BCUT2D eigenvalue weighted by atomic mass is 10.0.